The zero-order chi connectivity index (χ0) is 12.7. The molecule has 0 aliphatic carbocycles. The lowest BCUT2D eigenvalue weighted by molar-refractivity contribution is -0.149. The molecule has 0 spiro atoms. The van der Waals surface area contributed by atoms with E-state index < -0.39 is 0 Å². The van der Waals surface area contributed by atoms with Crippen LogP contribution in [-0.4, -0.2) is 49.7 Å². The molecule has 0 radical (unpaired) electrons. The molecule has 1 aliphatic heterocycles. The van der Waals surface area contributed by atoms with Gasteiger partial charge in [0, 0.05) is 19.1 Å². The van der Waals surface area contributed by atoms with Crippen LogP contribution in [0.2, 0.25) is 0 Å². The van der Waals surface area contributed by atoms with Crippen LogP contribution in [0.25, 0.3) is 0 Å². The smallest absolute Gasteiger partial charge is 0.309 e. The van der Waals surface area contributed by atoms with Crippen LogP contribution in [0.4, 0.5) is 0 Å². The van der Waals surface area contributed by atoms with Gasteiger partial charge in [-0.25, -0.2) is 0 Å². The molecule has 0 unspecified atom stereocenters. The minimum Gasteiger partial charge on any atom is -0.466 e. The molecule has 0 atom stereocenters. The summed E-state index contributed by atoms with van der Waals surface area (Å²) in [5.41, 5.74) is 0. The first kappa shape index (κ1) is 14.5. The Morgan fingerprint density at radius 1 is 1.41 bits per heavy atom. The fourth-order valence-electron chi connectivity index (χ4n) is 2.16. The monoisotopic (exact) mass is 242 g/mol. The summed E-state index contributed by atoms with van der Waals surface area (Å²) in [6.45, 7) is 10.8. The average molecular weight is 242 g/mol. The SMILES string of the molecule is CCOC(=O)C1CCN(CCNC(C)C)CC1. The third kappa shape index (κ3) is 5.50. The van der Waals surface area contributed by atoms with Gasteiger partial charge in [0.1, 0.15) is 0 Å². The summed E-state index contributed by atoms with van der Waals surface area (Å²) in [7, 11) is 0. The van der Waals surface area contributed by atoms with E-state index in [0.717, 1.165) is 39.0 Å². The molecule has 0 saturated carbocycles. The minimum atomic E-state index is -0.00699. The highest BCUT2D eigenvalue weighted by Crippen LogP contribution is 2.18. The van der Waals surface area contributed by atoms with Gasteiger partial charge < -0.3 is 15.0 Å². The molecule has 0 aromatic carbocycles. The molecule has 0 amide bonds. The predicted molar refractivity (Wildman–Crippen MR) is 68.9 cm³/mol. The van der Waals surface area contributed by atoms with Crippen LogP contribution < -0.4 is 5.32 Å². The molecule has 0 aromatic heterocycles. The maximum absolute atomic E-state index is 11.6. The largest absolute Gasteiger partial charge is 0.466 e. The molecule has 1 heterocycles. The molecule has 4 heteroatoms. The lowest BCUT2D eigenvalue weighted by Gasteiger charge is -2.30. The van der Waals surface area contributed by atoms with E-state index in [1.165, 1.54) is 0 Å². The Morgan fingerprint density at radius 3 is 2.59 bits per heavy atom. The third-order valence-corrected chi connectivity index (χ3v) is 3.19. The van der Waals surface area contributed by atoms with Crippen molar-refractivity contribution in [2.75, 3.05) is 32.8 Å². The second-order valence-corrected chi connectivity index (χ2v) is 4.98. The van der Waals surface area contributed by atoms with Crippen molar-refractivity contribution < 1.29 is 9.53 Å². The molecule has 0 bridgehead atoms. The predicted octanol–water partition coefficient (Wildman–Crippen LogP) is 1.26. The highest BCUT2D eigenvalue weighted by Gasteiger charge is 2.25. The van der Waals surface area contributed by atoms with Crippen molar-refractivity contribution in [3.8, 4) is 0 Å². The van der Waals surface area contributed by atoms with E-state index in [4.69, 9.17) is 4.74 Å². The summed E-state index contributed by atoms with van der Waals surface area (Å²) >= 11 is 0. The van der Waals surface area contributed by atoms with E-state index in [1.807, 2.05) is 6.92 Å². The van der Waals surface area contributed by atoms with Gasteiger partial charge in [-0.2, -0.15) is 0 Å². The zero-order valence-corrected chi connectivity index (χ0v) is 11.4. The van der Waals surface area contributed by atoms with Gasteiger partial charge in [0.05, 0.1) is 12.5 Å². The molecular weight excluding hydrogens is 216 g/mol. The molecule has 1 saturated heterocycles. The maximum atomic E-state index is 11.6. The van der Waals surface area contributed by atoms with Gasteiger partial charge in [-0.05, 0) is 32.9 Å². The van der Waals surface area contributed by atoms with Gasteiger partial charge in [0.2, 0.25) is 0 Å². The van der Waals surface area contributed by atoms with Gasteiger partial charge in [0.25, 0.3) is 0 Å². The van der Waals surface area contributed by atoms with Crippen LogP contribution in [0.3, 0.4) is 0 Å². The van der Waals surface area contributed by atoms with E-state index >= 15 is 0 Å². The van der Waals surface area contributed by atoms with Crippen LogP contribution in [0.5, 0.6) is 0 Å². The second kappa shape index (κ2) is 7.67. The second-order valence-electron chi connectivity index (χ2n) is 4.98. The number of nitrogens with zero attached hydrogens (tertiary/aromatic N) is 1. The van der Waals surface area contributed by atoms with Gasteiger partial charge >= 0.3 is 5.97 Å². The first-order valence-electron chi connectivity index (χ1n) is 6.75. The molecule has 0 aromatic rings. The number of ether oxygens (including phenoxy) is 1. The van der Waals surface area contributed by atoms with Crippen LogP contribution in [0.15, 0.2) is 0 Å². The summed E-state index contributed by atoms with van der Waals surface area (Å²) in [6, 6.07) is 0.548. The number of hydrogen-bond acceptors (Lipinski definition) is 4. The van der Waals surface area contributed by atoms with Crippen LogP contribution in [0.1, 0.15) is 33.6 Å². The number of piperidine rings is 1. The van der Waals surface area contributed by atoms with Gasteiger partial charge in [0.15, 0.2) is 0 Å². The first-order chi connectivity index (χ1) is 8.13. The fourth-order valence-corrected chi connectivity index (χ4v) is 2.16. The Labute approximate surface area is 105 Å². The highest BCUT2D eigenvalue weighted by molar-refractivity contribution is 5.72. The van der Waals surface area contributed by atoms with E-state index in [-0.39, 0.29) is 11.9 Å². The minimum absolute atomic E-state index is 0.00699. The number of hydrogen-bond donors (Lipinski definition) is 1. The van der Waals surface area contributed by atoms with Gasteiger partial charge in [-0.3, -0.25) is 4.79 Å². The summed E-state index contributed by atoms with van der Waals surface area (Å²) in [6.07, 6.45) is 1.89. The molecular formula is C13H26N2O2. The van der Waals surface area contributed by atoms with Crippen LogP contribution in [-0.2, 0) is 9.53 Å². The Bertz CT molecular complexity index is 223. The normalized spacial score (nSPS) is 18.6. The lowest BCUT2D eigenvalue weighted by Crippen LogP contribution is -2.41. The summed E-state index contributed by atoms with van der Waals surface area (Å²) in [4.78, 5) is 14.0. The molecule has 1 fully saturated rings. The van der Waals surface area contributed by atoms with E-state index in [2.05, 4.69) is 24.1 Å². The van der Waals surface area contributed by atoms with Crippen molar-refractivity contribution >= 4 is 5.97 Å². The van der Waals surface area contributed by atoms with Crippen LogP contribution >= 0.6 is 0 Å². The summed E-state index contributed by atoms with van der Waals surface area (Å²) in [5, 5.41) is 3.41. The lowest BCUT2D eigenvalue weighted by atomic mass is 9.97. The Hall–Kier alpha value is -0.610. The molecule has 17 heavy (non-hydrogen) atoms. The Kier molecular flexibility index (Phi) is 6.52. The number of carbonyl (C=O) groups is 1. The Morgan fingerprint density at radius 2 is 2.06 bits per heavy atom. The number of likely N-dealkylation sites (tertiary alicyclic amines) is 1. The number of carbonyl (C=O) groups excluding carboxylic acids is 1. The van der Waals surface area contributed by atoms with Gasteiger partial charge in [-0.1, -0.05) is 13.8 Å². The number of rotatable bonds is 6. The van der Waals surface area contributed by atoms with Crippen molar-refractivity contribution in [3.05, 3.63) is 0 Å². The molecule has 100 valence electrons. The van der Waals surface area contributed by atoms with Crippen molar-refractivity contribution in [1.82, 2.24) is 10.2 Å². The fraction of sp³-hybridized carbons (Fsp3) is 0.923. The molecule has 1 aliphatic rings. The zero-order valence-electron chi connectivity index (χ0n) is 11.4. The topological polar surface area (TPSA) is 41.6 Å². The van der Waals surface area contributed by atoms with Gasteiger partial charge in [-0.15, -0.1) is 0 Å². The van der Waals surface area contributed by atoms with Crippen LogP contribution in [0, 0.1) is 5.92 Å². The van der Waals surface area contributed by atoms with Crippen molar-refractivity contribution in [3.63, 3.8) is 0 Å². The van der Waals surface area contributed by atoms with Crippen molar-refractivity contribution in [1.29, 1.82) is 0 Å². The van der Waals surface area contributed by atoms with E-state index in [0.29, 0.717) is 12.6 Å². The number of esters is 1. The van der Waals surface area contributed by atoms with Crippen molar-refractivity contribution in [2.24, 2.45) is 5.92 Å². The molecule has 1 N–H and O–H groups in total. The summed E-state index contributed by atoms with van der Waals surface area (Å²) < 4.78 is 5.06. The third-order valence-electron chi connectivity index (χ3n) is 3.19. The summed E-state index contributed by atoms with van der Waals surface area (Å²) in [5.74, 6) is 0.122. The van der Waals surface area contributed by atoms with E-state index in [9.17, 15) is 4.79 Å². The van der Waals surface area contributed by atoms with E-state index in [1.54, 1.807) is 0 Å². The average Bonchev–Trinajstić information content (AvgIpc) is 2.30. The number of nitrogens with one attached hydrogen (secondary N) is 1. The first-order valence-corrected chi connectivity index (χ1v) is 6.75. The Balaban J connectivity index is 2.15. The maximum Gasteiger partial charge on any atom is 0.309 e. The standard InChI is InChI=1S/C13H26N2O2/c1-4-17-13(16)12-5-8-15(9-6-12)10-7-14-11(2)3/h11-12,14H,4-10H2,1-3H3. The van der Waals surface area contributed by atoms with Crippen molar-refractivity contribution in [2.45, 2.75) is 39.7 Å². The quantitative estimate of drug-likeness (QED) is 0.712. The molecule has 1 rings (SSSR count). The molecule has 4 nitrogen and oxygen atoms in total. The highest BCUT2D eigenvalue weighted by atomic mass is 16.5.